The average Bonchev–Trinajstić information content (AvgIpc) is 2.12. The summed E-state index contributed by atoms with van der Waals surface area (Å²) in [6.07, 6.45) is 10.2. The maximum Gasteiger partial charge on any atom is 0.0982 e. The van der Waals surface area contributed by atoms with Crippen LogP contribution >= 0.6 is 0 Å². The van der Waals surface area contributed by atoms with Gasteiger partial charge in [0.15, 0.2) is 0 Å². The predicted molar refractivity (Wildman–Crippen MR) is 59.0 cm³/mol. The lowest BCUT2D eigenvalue weighted by atomic mass is 9.94. The summed E-state index contributed by atoms with van der Waals surface area (Å²) in [6.45, 7) is 4.42. The number of hydrogen-bond acceptors (Lipinski definition) is 1. The van der Waals surface area contributed by atoms with Gasteiger partial charge in [0, 0.05) is 6.42 Å². The summed E-state index contributed by atoms with van der Waals surface area (Å²) in [4.78, 5) is 0. The number of ether oxygens (including phenoxy) is 1. The minimum Gasteiger partial charge on any atom is -0.495 e. The molecule has 0 spiro atoms. The molecule has 1 saturated carbocycles. The topological polar surface area (TPSA) is 9.23 Å². The van der Waals surface area contributed by atoms with Crippen LogP contribution in [0.5, 0.6) is 0 Å². The molecule has 1 nitrogen and oxygen atoms in total. The van der Waals surface area contributed by atoms with Gasteiger partial charge in [0.05, 0.1) is 11.9 Å². The van der Waals surface area contributed by atoms with E-state index in [-0.39, 0.29) is 0 Å². The largest absolute Gasteiger partial charge is 0.495 e. The maximum absolute atomic E-state index is 5.89. The molecular weight excluding hydrogens is 172 g/mol. The van der Waals surface area contributed by atoms with E-state index in [1.54, 1.807) is 5.57 Å². The van der Waals surface area contributed by atoms with Crippen LogP contribution in [0.25, 0.3) is 0 Å². The van der Waals surface area contributed by atoms with E-state index in [0.29, 0.717) is 6.10 Å². The number of allylic oxidation sites excluding steroid dienone is 4. The third-order valence-electron chi connectivity index (χ3n) is 3.33. The molecule has 1 heteroatoms. The molecule has 0 N–H and O–H groups in total. The SMILES string of the molecule is CC(C)=C1CC=C(OC2CCC2)CC1. The first kappa shape index (κ1) is 9.82. The Kier molecular flexibility index (Phi) is 2.95. The third-order valence-corrected chi connectivity index (χ3v) is 3.33. The van der Waals surface area contributed by atoms with Crippen molar-refractivity contribution >= 4 is 0 Å². The molecule has 2 aliphatic rings. The molecule has 1 fully saturated rings. The van der Waals surface area contributed by atoms with Crippen molar-refractivity contribution in [3.05, 3.63) is 23.0 Å². The minimum atomic E-state index is 0.550. The van der Waals surface area contributed by atoms with Gasteiger partial charge >= 0.3 is 0 Å². The normalized spacial score (nSPS) is 22.7. The highest BCUT2D eigenvalue weighted by molar-refractivity contribution is 5.20. The summed E-state index contributed by atoms with van der Waals surface area (Å²) in [6, 6.07) is 0. The van der Waals surface area contributed by atoms with E-state index >= 15 is 0 Å². The third kappa shape index (κ3) is 2.20. The summed E-state index contributed by atoms with van der Waals surface area (Å²) < 4.78 is 5.89. The molecule has 0 aliphatic heterocycles. The lowest BCUT2D eigenvalue weighted by molar-refractivity contribution is 0.0461. The second kappa shape index (κ2) is 4.20. The van der Waals surface area contributed by atoms with Gasteiger partial charge in [0.1, 0.15) is 0 Å². The smallest absolute Gasteiger partial charge is 0.0982 e. The number of rotatable bonds is 2. The van der Waals surface area contributed by atoms with E-state index in [2.05, 4.69) is 19.9 Å². The molecule has 0 atom stereocenters. The zero-order valence-corrected chi connectivity index (χ0v) is 9.31. The van der Waals surface area contributed by atoms with Gasteiger partial charge in [0.2, 0.25) is 0 Å². The first-order valence-corrected chi connectivity index (χ1v) is 5.76. The Morgan fingerprint density at radius 3 is 2.50 bits per heavy atom. The van der Waals surface area contributed by atoms with Crippen LogP contribution in [0.1, 0.15) is 52.4 Å². The predicted octanol–water partition coefficient (Wildman–Crippen LogP) is 3.96. The van der Waals surface area contributed by atoms with Gasteiger partial charge in [-0.25, -0.2) is 0 Å². The molecule has 2 rings (SSSR count). The van der Waals surface area contributed by atoms with E-state index in [1.165, 1.54) is 37.0 Å². The van der Waals surface area contributed by atoms with Crippen LogP contribution in [0.4, 0.5) is 0 Å². The van der Waals surface area contributed by atoms with Crippen LogP contribution in [0.2, 0.25) is 0 Å². The summed E-state index contributed by atoms with van der Waals surface area (Å²) in [5, 5.41) is 0. The fourth-order valence-corrected chi connectivity index (χ4v) is 1.98. The van der Waals surface area contributed by atoms with Crippen LogP contribution in [0.3, 0.4) is 0 Å². The molecule has 0 aromatic rings. The number of hydrogen-bond donors (Lipinski definition) is 0. The van der Waals surface area contributed by atoms with Crippen molar-refractivity contribution in [2.45, 2.75) is 58.5 Å². The zero-order valence-electron chi connectivity index (χ0n) is 9.31. The molecule has 14 heavy (non-hydrogen) atoms. The summed E-state index contributed by atoms with van der Waals surface area (Å²) >= 11 is 0. The van der Waals surface area contributed by atoms with Gasteiger partial charge < -0.3 is 4.74 Å². The molecule has 0 bridgehead atoms. The highest BCUT2D eigenvalue weighted by Crippen LogP contribution is 2.30. The minimum absolute atomic E-state index is 0.550. The molecule has 0 aromatic heterocycles. The summed E-state index contributed by atoms with van der Waals surface area (Å²) in [7, 11) is 0. The fourth-order valence-electron chi connectivity index (χ4n) is 1.98. The maximum atomic E-state index is 5.89. The van der Waals surface area contributed by atoms with Crippen molar-refractivity contribution < 1.29 is 4.74 Å². The molecule has 0 radical (unpaired) electrons. The van der Waals surface area contributed by atoms with Crippen LogP contribution in [0, 0.1) is 0 Å². The van der Waals surface area contributed by atoms with Gasteiger partial charge in [-0.3, -0.25) is 0 Å². The lowest BCUT2D eigenvalue weighted by Crippen LogP contribution is -2.21. The monoisotopic (exact) mass is 192 g/mol. The van der Waals surface area contributed by atoms with Gasteiger partial charge in [0.25, 0.3) is 0 Å². The van der Waals surface area contributed by atoms with Crippen LogP contribution in [-0.4, -0.2) is 6.10 Å². The van der Waals surface area contributed by atoms with Crippen molar-refractivity contribution in [2.75, 3.05) is 0 Å². The molecular formula is C13H20O. The Hall–Kier alpha value is -0.720. The first-order chi connectivity index (χ1) is 6.75. The highest BCUT2D eigenvalue weighted by Gasteiger charge is 2.21. The Labute approximate surface area is 86.8 Å². The molecule has 0 saturated heterocycles. The fraction of sp³-hybridized carbons (Fsp3) is 0.692. The summed E-state index contributed by atoms with van der Waals surface area (Å²) in [5.41, 5.74) is 3.09. The van der Waals surface area contributed by atoms with E-state index < -0.39 is 0 Å². The van der Waals surface area contributed by atoms with E-state index in [1.807, 2.05) is 0 Å². The van der Waals surface area contributed by atoms with E-state index in [9.17, 15) is 0 Å². The van der Waals surface area contributed by atoms with Crippen LogP contribution < -0.4 is 0 Å². The quantitative estimate of drug-likeness (QED) is 0.602. The van der Waals surface area contributed by atoms with E-state index in [0.717, 1.165) is 12.8 Å². The van der Waals surface area contributed by atoms with Crippen molar-refractivity contribution in [2.24, 2.45) is 0 Å². The van der Waals surface area contributed by atoms with Crippen LogP contribution in [-0.2, 0) is 4.74 Å². The van der Waals surface area contributed by atoms with Crippen molar-refractivity contribution in [1.82, 2.24) is 0 Å². The Morgan fingerprint density at radius 1 is 1.29 bits per heavy atom. The summed E-state index contributed by atoms with van der Waals surface area (Å²) in [5.74, 6) is 1.25. The van der Waals surface area contributed by atoms with Crippen molar-refractivity contribution in [3.63, 3.8) is 0 Å². The van der Waals surface area contributed by atoms with Crippen molar-refractivity contribution in [1.29, 1.82) is 0 Å². The molecule has 2 aliphatic carbocycles. The average molecular weight is 192 g/mol. The Morgan fingerprint density at radius 2 is 2.07 bits per heavy atom. The molecule has 0 amide bonds. The van der Waals surface area contributed by atoms with Gasteiger partial charge in [-0.05, 0) is 52.0 Å². The Bertz CT molecular complexity index is 265. The van der Waals surface area contributed by atoms with E-state index in [4.69, 9.17) is 4.74 Å². The van der Waals surface area contributed by atoms with Crippen molar-refractivity contribution in [3.8, 4) is 0 Å². The zero-order chi connectivity index (χ0) is 9.97. The standard InChI is InChI=1S/C13H20O/c1-10(2)11-6-8-13(9-7-11)14-12-4-3-5-12/h8,12H,3-7,9H2,1-2H3. The first-order valence-electron chi connectivity index (χ1n) is 5.76. The molecule has 0 heterocycles. The highest BCUT2D eigenvalue weighted by atomic mass is 16.5. The van der Waals surface area contributed by atoms with Gasteiger partial charge in [-0.15, -0.1) is 0 Å². The van der Waals surface area contributed by atoms with Gasteiger partial charge in [-0.1, -0.05) is 11.1 Å². The molecule has 0 aromatic carbocycles. The van der Waals surface area contributed by atoms with Crippen LogP contribution in [0.15, 0.2) is 23.0 Å². The Balaban J connectivity index is 1.87. The molecule has 0 unspecified atom stereocenters. The van der Waals surface area contributed by atoms with Gasteiger partial charge in [-0.2, -0.15) is 0 Å². The molecule has 78 valence electrons. The lowest BCUT2D eigenvalue weighted by Gasteiger charge is -2.29. The second-order valence-corrected chi connectivity index (χ2v) is 4.65. The second-order valence-electron chi connectivity index (χ2n) is 4.65.